The molecule has 0 saturated heterocycles. The van der Waals surface area contributed by atoms with Gasteiger partial charge in [0.25, 0.3) is 5.92 Å². The smallest absolute Gasteiger partial charge is 0.410 e. The summed E-state index contributed by atoms with van der Waals surface area (Å²) in [4.78, 5) is 41.2. The molecule has 3 aromatic heterocycles. The number of ether oxygens (including phenoxy) is 1. The van der Waals surface area contributed by atoms with E-state index in [9.17, 15) is 36.3 Å². The Morgan fingerprint density at radius 2 is 1.89 bits per heavy atom. The number of aromatic nitrogens is 4. The van der Waals surface area contributed by atoms with E-state index >= 15 is 0 Å². The number of carbonyl (C=O) groups is 2. The minimum absolute atomic E-state index is 0.0944. The van der Waals surface area contributed by atoms with E-state index in [1.807, 2.05) is 0 Å². The Labute approximate surface area is 206 Å². The molecule has 0 spiro atoms. The molecule has 1 aliphatic carbocycles. The fraction of sp³-hybridized carbons (Fsp3) is 0.435. The van der Waals surface area contributed by atoms with Crippen LogP contribution in [-0.4, -0.2) is 49.9 Å². The van der Waals surface area contributed by atoms with Gasteiger partial charge in [0.2, 0.25) is 11.8 Å². The molecule has 1 N–H and O–H groups in total. The molecule has 1 atom stereocenters. The van der Waals surface area contributed by atoms with Crippen LogP contribution in [0.25, 0.3) is 22.2 Å². The third-order valence-electron chi connectivity index (χ3n) is 5.66. The van der Waals surface area contributed by atoms with Crippen LogP contribution in [0.15, 0.2) is 29.3 Å². The van der Waals surface area contributed by atoms with Crippen LogP contribution in [0.3, 0.4) is 0 Å². The van der Waals surface area contributed by atoms with Crippen molar-refractivity contribution in [1.82, 2.24) is 19.3 Å². The molecular formula is C23H22F5N5O4. The molecule has 1 amide bonds. The first-order valence-electron chi connectivity index (χ1n) is 11.2. The highest BCUT2D eigenvalue weighted by Crippen LogP contribution is 2.37. The number of nitrogens with one attached hydrogen (secondary N) is 1. The largest absolute Gasteiger partial charge is 0.481 e. The van der Waals surface area contributed by atoms with Gasteiger partial charge in [-0.2, -0.15) is 18.3 Å². The zero-order chi connectivity index (χ0) is 27.3. The fourth-order valence-corrected chi connectivity index (χ4v) is 3.62. The predicted octanol–water partition coefficient (Wildman–Crippen LogP) is 4.43. The second kappa shape index (κ2) is 9.23. The zero-order valence-corrected chi connectivity index (χ0v) is 19.9. The Hall–Kier alpha value is -3.84. The van der Waals surface area contributed by atoms with E-state index in [0.29, 0.717) is 26.7 Å². The molecule has 0 aliphatic heterocycles. The Morgan fingerprint density at radius 1 is 1.22 bits per heavy atom. The summed E-state index contributed by atoms with van der Waals surface area (Å²) >= 11 is 0. The van der Waals surface area contributed by atoms with Gasteiger partial charge in [0.05, 0.1) is 17.4 Å². The van der Waals surface area contributed by atoms with Crippen molar-refractivity contribution in [2.45, 2.75) is 51.8 Å². The molecule has 14 heteroatoms. The molecule has 0 radical (unpaired) electrons. The number of rotatable bonds is 7. The lowest BCUT2D eigenvalue weighted by molar-refractivity contribution is -0.166. The normalized spacial score (nSPS) is 15.0. The minimum atomic E-state index is -4.89. The van der Waals surface area contributed by atoms with Gasteiger partial charge in [-0.05, 0) is 25.8 Å². The van der Waals surface area contributed by atoms with Crippen LogP contribution in [0.1, 0.15) is 44.4 Å². The first kappa shape index (κ1) is 26.2. The molecule has 37 heavy (non-hydrogen) atoms. The second-order valence-electron chi connectivity index (χ2n) is 9.01. The monoisotopic (exact) mass is 527 g/mol. The van der Waals surface area contributed by atoms with E-state index in [4.69, 9.17) is 4.74 Å². The van der Waals surface area contributed by atoms with Crippen LogP contribution in [0, 0.1) is 5.92 Å². The summed E-state index contributed by atoms with van der Waals surface area (Å²) in [6, 6.07) is -0.0665. The highest BCUT2D eigenvalue weighted by Gasteiger charge is 2.40. The average molecular weight is 527 g/mol. The number of fused-ring (bicyclic) bond motifs is 1. The van der Waals surface area contributed by atoms with Crippen molar-refractivity contribution < 1.29 is 36.3 Å². The fourth-order valence-electron chi connectivity index (χ4n) is 3.62. The number of anilines is 1. The predicted molar refractivity (Wildman–Crippen MR) is 122 cm³/mol. The minimum Gasteiger partial charge on any atom is -0.481 e. The maximum atomic E-state index is 13.5. The van der Waals surface area contributed by atoms with Gasteiger partial charge in [0.15, 0.2) is 12.4 Å². The summed E-state index contributed by atoms with van der Waals surface area (Å²) in [6.07, 6.45) is -0.910. The van der Waals surface area contributed by atoms with Gasteiger partial charge in [-0.25, -0.2) is 18.4 Å². The Bertz CT molecular complexity index is 1440. The third kappa shape index (κ3) is 5.62. The van der Waals surface area contributed by atoms with Crippen molar-refractivity contribution in [1.29, 1.82) is 0 Å². The summed E-state index contributed by atoms with van der Waals surface area (Å²) in [5.41, 5.74) is -1.20. The maximum absolute atomic E-state index is 13.5. The highest BCUT2D eigenvalue weighted by molar-refractivity contribution is 6.03. The van der Waals surface area contributed by atoms with E-state index < -0.39 is 42.0 Å². The van der Waals surface area contributed by atoms with Gasteiger partial charge >= 0.3 is 11.7 Å². The number of hydrogen-bond donors (Lipinski definition) is 1. The third-order valence-corrected chi connectivity index (χ3v) is 5.66. The van der Waals surface area contributed by atoms with E-state index in [-0.39, 0.29) is 44.5 Å². The molecule has 0 bridgehead atoms. The topological polar surface area (TPSA) is 108 Å². The van der Waals surface area contributed by atoms with Crippen LogP contribution < -0.4 is 15.6 Å². The van der Waals surface area contributed by atoms with Crippen LogP contribution in [-0.2, 0) is 4.79 Å². The number of halogens is 5. The van der Waals surface area contributed by atoms with Crippen molar-refractivity contribution >= 4 is 28.5 Å². The first-order valence-corrected chi connectivity index (χ1v) is 11.2. The molecule has 198 valence electrons. The number of amides is 1. The average Bonchev–Trinajstić information content (AvgIpc) is 3.57. The zero-order valence-electron chi connectivity index (χ0n) is 19.9. The van der Waals surface area contributed by atoms with Crippen LogP contribution in [0.5, 0.6) is 5.75 Å². The summed E-state index contributed by atoms with van der Waals surface area (Å²) in [5.74, 6) is -5.00. The van der Waals surface area contributed by atoms with E-state index in [1.54, 1.807) is 0 Å². The van der Waals surface area contributed by atoms with Crippen LogP contribution in [0.2, 0.25) is 0 Å². The number of pyridine rings is 1. The van der Waals surface area contributed by atoms with Gasteiger partial charge in [-0.15, -0.1) is 0 Å². The molecule has 3 heterocycles. The molecule has 1 aliphatic rings. The lowest BCUT2D eigenvalue weighted by atomic mass is 10.1. The standard InChI is InChI=1S/C23H22F5N5O4/c1-11(23(26,27)28)33-21(36)18(37-10-22(3,24)25)7-16(31-33)15-9-32(20(35)13-4-5-13)17-8-29-19(6-14(15)17)30-12(2)34/h6-9,11,13H,4-5,10H2,1-3H3,(H,29,30,34)/t11-/m0/s1. The molecular weight excluding hydrogens is 505 g/mol. The van der Waals surface area contributed by atoms with Gasteiger partial charge in [0, 0.05) is 43.0 Å². The van der Waals surface area contributed by atoms with E-state index in [0.717, 1.165) is 6.07 Å². The van der Waals surface area contributed by atoms with Crippen molar-refractivity contribution in [3.8, 4) is 17.0 Å². The quantitative estimate of drug-likeness (QED) is 0.456. The second-order valence-corrected chi connectivity index (χ2v) is 9.01. The Kier molecular flexibility index (Phi) is 6.54. The molecule has 0 aromatic carbocycles. The van der Waals surface area contributed by atoms with Crippen molar-refractivity contribution in [3.63, 3.8) is 0 Å². The van der Waals surface area contributed by atoms with Crippen LogP contribution in [0.4, 0.5) is 27.8 Å². The van der Waals surface area contributed by atoms with Gasteiger partial charge < -0.3 is 10.1 Å². The first-order chi connectivity index (χ1) is 17.2. The SMILES string of the molecule is CC(=O)Nc1cc2c(-c3cc(OCC(C)(F)F)c(=O)n([C@@H](C)C(F)(F)F)n3)cn(C(=O)C3CC3)c2cn1. The Balaban J connectivity index is 1.95. The van der Waals surface area contributed by atoms with Crippen molar-refractivity contribution in [2.75, 3.05) is 11.9 Å². The van der Waals surface area contributed by atoms with E-state index in [2.05, 4.69) is 15.4 Å². The maximum Gasteiger partial charge on any atom is 0.410 e. The number of nitrogens with zero attached hydrogens (tertiary/aromatic N) is 4. The molecule has 4 rings (SSSR count). The van der Waals surface area contributed by atoms with Crippen molar-refractivity contribution in [2.24, 2.45) is 5.92 Å². The highest BCUT2D eigenvalue weighted by atomic mass is 19.4. The van der Waals surface area contributed by atoms with Crippen molar-refractivity contribution in [3.05, 3.63) is 34.9 Å². The van der Waals surface area contributed by atoms with Gasteiger partial charge in [0.1, 0.15) is 11.9 Å². The summed E-state index contributed by atoms with van der Waals surface area (Å²) in [7, 11) is 0. The summed E-state index contributed by atoms with van der Waals surface area (Å²) < 4.78 is 73.8. The van der Waals surface area contributed by atoms with Crippen LogP contribution >= 0.6 is 0 Å². The molecule has 1 saturated carbocycles. The molecule has 3 aromatic rings. The van der Waals surface area contributed by atoms with E-state index in [1.165, 1.54) is 30.0 Å². The van der Waals surface area contributed by atoms with Gasteiger partial charge in [-0.3, -0.25) is 19.0 Å². The lowest BCUT2D eigenvalue weighted by Gasteiger charge is -2.19. The Morgan fingerprint density at radius 3 is 2.46 bits per heavy atom. The van der Waals surface area contributed by atoms with Gasteiger partial charge in [-0.1, -0.05) is 0 Å². The lowest BCUT2D eigenvalue weighted by Crippen LogP contribution is -2.35. The number of carbonyl (C=O) groups excluding carboxylic acids is 2. The molecule has 1 fully saturated rings. The summed E-state index contributed by atoms with van der Waals surface area (Å²) in [6.45, 7) is 1.21. The number of hydrogen-bond acceptors (Lipinski definition) is 6. The molecule has 0 unspecified atom stereocenters. The summed E-state index contributed by atoms with van der Waals surface area (Å²) in [5, 5.41) is 6.63. The molecule has 9 nitrogen and oxygen atoms in total. The number of alkyl halides is 5.